The average molecular weight is 302 g/mol. The number of piperazine rings is 1. The van der Waals surface area contributed by atoms with Crippen LogP contribution in [0.5, 0.6) is 17.2 Å². The number of aromatic hydroxyl groups is 1. The highest BCUT2D eigenvalue weighted by Crippen LogP contribution is 2.42. The molecule has 0 aliphatic carbocycles. The number of phenols is 1. The largest absolute Gasteiger partial charge is 0.507 e. The van der Waals surface area contributed by atoms with Crippen molar-refractivity contribution in [1.82, 2.24) is 10.2 Å². The van der Waals surface area contributed by atoms with Crippen molar-refractivity contribution in [2.75, 3.05) is 40.4 Å². The summed E-state index contributed by atoms with van der Waals surface area (Å²) in [7, 11) is 2.83. The minimum absolute atomic E-state index is 0.107. The molecule has 1 aliphatic rings. The van der Waals surface area contributed by atoms with E-state index < -0.39 is 12.5 Å². The third kappa shape index (κ3) is 3.36. The molecular weight excluding hydrogens is 282 g/mol. The Kier molecular flexibility index (Phi) is 5.19. The van der Waals surface area contributed by atoms with Gasteiger partial charge in [0.05, 0.1) is 19.8 Å². The standard InChI is InChI=1S/C14H20F2N2O3/c1-20-9-7-10(19)12(11(8-9)21-2)13(14(15)16)18-5-3-17-4-6-18/h7-8,13-14,17,19H,3-6H2,1-2H3/t13-/m0/s1. The van der Waals surface area contributed by atoms with Crippen LogP contribution < -0.4 is 14.8 Å². The van der Waals surface area contributed by atoms with E-state index in [2.05, 4.69) is 5.32 Å². The molecule has 0 aromatic heterocycles. The van der Waals surface area contributed by atoms with E-state index in [1.807, 2.05) is 0 Å². The second kappa shape index (κ2) is 6.91. The molecule has 0 spiro atoms. The van der Waals surface area contributed by atoms with Crippen molar-refractivity contribution in [3.8, 4) is 17.2 Å². The summed E-state index contributed by atoms with van der Waals surface area (Å²) in [6.07, 6.45) is -2.63. The van der Waals surface area contributed by atoms with Gasteiger partial charge in [-0.05, 0) is 0 Å². The van der Waals surface area contributed by atoms with Crippen LogP contribution in [0.1, 0.15) is 11.6 Å². The Morgan fingerprint density at radius 1 is 1.19 bits per heavy atom. The summed E-state index contributed by atoms with van der Waals surface area (Å²) in [6.45, 7) is 2.26. The van der Waals surface area contributed by atoms with Gasteiger partial charge in [0.15, 0.2) is 0 Å². The van der Waals surface area contributed by atoms with Gasteiger partial charge >= 0.3 is 0 Å². The normalized spacial score (nSPS) is 17.8. The molecule has 21 heavy (non-hydrogen) atoms. The highest BCUT2D eigenvalue weighted by molar-refractivity contribution is 5.52. The van der Waals surface area contributed by atoms with Gasteiger partial charge in [-0.2, -0.15) is 0 Å². The molecule has 118 valence electrons. The predicted molar refractivity (Wildman–Crippen MR) is 74.4 cm³/mol. The lowest BCUT2D eigenvalue weighted by atomic mass is 10.0. The van der Waals surface area contributed by atoms with Gasteiger partial charge in [-0.15, -0.1) is 0 Å². The lowest BCUT2D eigenvalue weighted by molar-refractivity contribution is 0.0158. The Hall–Kier alpha value is -1.60. The minimum atomic E-state index is -2.63. The van der Waals surface area contributed by atoms with E-state index in [4.69, 9.17) is 9.47 Å². The Morgan fingerprint density at radius 3 is 2.38 bits per heavy atom. The molecule has 0 bridgehead atoms. The average Bonchev–Trinajstić information content (AvgIpc) is 2.49. The molecule has 0 amide bonds. The monoisotopic (exact) mass is 302 g/mol. The molecule has 0 radical (unpaired) electrons. The molecule has 7 heteroatoms. The molecule has 0 saturated carbocycles. The van der Waals surface area contributed by atoms with E-state index in [9.17, 15) is 13.9 Å². The van der Waals surface area contributed by atoms with Gasteiger partial charge in [0.25, 0.3) is 6.43 Å². The lowest BCUT2D eigenvalue weighted by Crippen LogP contribution is -2.47. The quantitative estimate of drug-likeness (QED) is 0.866. The third-order valence-electron chi connectivity index (χ3n) is 3.63. The molecule has 2 N–H and O–H groups in total. The van der Waals surface area contributed by atoms with Crippen molar-refractivity contribution in [2.24, 2.45) is 0 Å². The fourth-order valence-electron chi connectivity index (χ4n) is 2.60. The molecule has 1 aromatic rings. The first kappa shape index (κ1) is 15.8. The van der Waals surface area contributed by atoms with E-state index >= 15 is 0 Å². The Morgan fingerprint density at radius 2 is 1.86 bits per heavy atom. The second-order valence-electron chi connectivity index (χ2n) is 4.83. The van der Waals surface area contributed by atoms with Crippen molar-refractivity contribution < 1.29 is 23.4 Å². The molecule has 1 heterocycles. The summed E-state index contributed by atoms with van der Waals surface area (Å²) in [5.41, 5.74) is 0.107. The topological polar surface area (TPSA) is 54.0 Å². The van der Waals surface area contributed by atoms with Gasteiger partial charge in [0, 0.05) is 38.3 Å². The highest BCUT2D eigenvalue weighted by atomic mass is 19.3. The number of ether oxygens (including phenoxy) is 2. The van der Waals surface area contributed by atoms with Crippen molar-refractivity contribution in [2.45, 2.75) is 12.5 Å². The van der Waals surface area contributed by atoms with Crippen LogP contribution in [-0.2, 0) is 0 Å². The van der Waals surface area contributed by atoms with Crippen LogP contribution in [0.2, 0.25) is 0 Å². The van der Waals surface area contributed by atoms with Crippen LogP contribution in [-0.4, -0.2) is 56.8 Å². The first-order valence-electron chi connectivity index (χ1n) is 6.76. The number of methoxy groups -OCH3 is 2. The maximum Gasteiger partial charge on any atom is 0.258 e. The number of rotatable bonds is 5. The summed E-state index contributed by atoms with van der Waals surface area (Å²) in [5, 5.41) is 13.3. The van der Waals surface area contributed by atoms with Crippen LogP contribution >= 0.6 is 0 Å². The Bertz CT molecular complexity index is 480. The maximum absolute atomic E-state index is 13.6. The summed E-state index contributed by atoms with van der Waals surface area (Å²) in [6, 6.07) is 1.63. The zero-order chi connectivity index (χ0) is 15.4. The molecule has 1 aliphatic heterocycles. The molecule has 1 atom stereocenters. The van der Waals surface area contributed by atoms with E-state index in [-0.39, 0.29) is 17.1 Å². The number of nitrogens with one attached hydrogen (secondary N) is 1. The van der Waals surface area contributed by atoms with Crippen molar-refractivity contribution >= 4 is 0 Å². The minimum Gasteiger partial charge on any atom is -0.507 e. The van der Waals surface area contributed by atoms with Crippen molar-refractivity contribution in [3.05, 3.63) is 17.7 Å². The SMILES string of the molecule is COc1cc(O)c([C@@H](C(F)F)N2CCNCC2)c(OC)c1. The summed E-state index contributed by atoms with van der Waals surface area (Å²) < 4.78 is 37.4. The number of alkyl halides is 2. The van der Waals surface area contributed by atoms with Gasteiger partial charge in [0.2, 0.25) is 0 Å². The first-order valence-corrected chi connectivity index (χ1v) is 6.76. The van der Waals surface area contributed by atoms with Gasteiger partial charge in [0.1, 0.15) is 23.3 Å². The fourth-order valence-corrected chi connectivity index (χ4v) is 2.60. The number of hydrogen-bond acceptors (Lipinski definition) is 5. The summed E-state index contributed by atoms with van der Waals surface area (Å²) in [5.74, 6) is 0.326. The molecule has 1 fully saturated rings. The third-order valence-corrected chi connectivity index (χ3v) is 3.63. The molecule has 2 rings (SSSR count). The van der Waals surface area contributed by atoms with Crippen LogP contribution in [0.4, 0.5) is 8.78 Å². The van der Waals surface area contributed by atoms with Crippen LogP contribution in [0, 0.1) is 0 Å². The first-order chi connectivity index (χ1) is 10.1. The number of nitrogens with zero attached hydrogens (tertiary/aromatic N) is 1. The molecular formula is C14H20F2N2O3. The highest BCUT2D eigenvalue weighted by Gasteiger charge is 2.34. The molecule has 1 aromatic carbocycles. The van der Waals surface area contributed by atoms with Crippen LogP contribution in [0.25, 0.3) is 0 Å². The van der Waals surface area contributed by atoms with Crippen LogP contribution in [0.3, 0.4) is 0 Å². The van der Waals surface area contributed by atoms with Gasteiger partial charge in [-0.3, -0.25) is 4.90 Å². The van der Waals surface area contributed by atoms with E-state index in [1.165, 1.54) is 26.4 Å². The summed E-state index contributed by atoms with van der Waals surface area (Å²) in [4.78, 5) is 1.66. The Balaban J connectivity index is 2.43. The number of phenolic OH excluding ortho intramolecular Hbond substituents is 1. The molecule has 5 nitrogen and oxygen atoms in total. The lowest BCUT2D eigenvalue weighted by Gasteiger charge is -2.35. The number of benzene rings is 1. The van der Waals surface area contributed by atoms with E-state index in [0.29, 0.717) is 31.9 Å². The van der Waals surface area contributed by atoms with Crippen molar-refractivity contribution in [3.63, 3.8) is 0 Å². The molecule has 0 unspecified atom stereocenters. The van der Waals surface area contributed by atoms with Crippen LogP contribution in [0.15, 0.2) is 12.1 Å². The van der Waals surface area contributed by atoms with E-state index in [0.717, 1.165) is 0 Å². The second-order valence-corrected chi connectivity index (χ2v) is 4.83. The predicted octanol–water partition coefficient (Wildman–Crippen LogP) is 1.62. The fraction of sp³-hybridized carbons (Fsp3) is 0.571. The zero-order valence-corrected chi connectivity index (χ0v) is 12.1. The summed E-state index contributed by atoms with van der Waals surface area (Å²) >= 11 is 0. The van der Waals surface area contributed by atoms with Crippen molar-refractivity contribution in [1.29, 1.82) is 0 Å². The number of halogens is 2. The van der Waals surface area contributed by atoms with Gasteiger partial charge < -0.3 is 19.9 Å². The van der Waals surface area contributed by atoms with Gasteiger partial charge in [-0.1, -0.05) is 0 Å². The zero-order valence-electron chi connectivity index (χ0n) is 12.1. The maximum atomic E-state index is 13.6. The van der Waals surface area contributed by atoms with Gasteiger partial charge in [-0.25, -0.2) is 8.78 Å². The Labute approximate surface area is 122 Å². The smallest absolute Gasteiger partial charge is 0.258 e. The molecule has 1 saturated heterocycles. The number of hydrogen-bond donors (Lipinski definition) is 2. The van der Waals surface area contributed by atoms with E-state index in [1.54, 1.807) is 4.90 Å².